The predicted molar refractivity (Wildman–Crippen MR) is 33.4 cm³/mol. The standard InChI is InChI=1S/C6H5N2O/c7-6-1-2-8-3-5(6)4-9/h1-3H,(H2,7,8). The number of hydrogen-bond acceptors (Lipinski definition) is 3. The molecule has 1 aromatic rings. The van der Waals surface area contributed by atoms with Gasteiger partial charge in [0.15, 0.2) is 0 Å². The summed E-state index contributed by atoms with van der Waals surface area (Å²) in [5, 5.41) is 0. The van der Waals surface area contributed by atoms with Crippen LogP contribution >= 0.6 is 0 Å². The van der Waals surface area contributed by atoms with Crippen LogP contribution in [0.1, 0.15) is 5.56 Å². The maximum atomic E-state index is 9.98. The van der Waals surface area contributed by atoms with E-state index in [2.05, 4.69) is 4.98 Å². The zero-order valence-electron chi connectivity index (χ0n) is 4.66. The second-order valence-corrected chi connectivity index (χ2v) is 1.56. The predicted octanol–water partition coefficient (Wildman–Crippen LogP) is 0.122. The maximum Gasteiger partial charge on any atom is 0.237 e. The van der Waals surface area contributed by atoms with E-state index in [0.29, 0.717) is 11.3 Å². The first-order valence-electron chi connectivity index (χ1n) is 2.42. The number of nitrogen functional groups attached to an aromatic ring is 1. The monoisotopic (exact) mass is 121 g/mol. The van der Waals surface area contributed by atoms with Crippen LogP contribution in [-0.2, 0) is 4.79 Å². The first kappa shape index (κ1) is 5.75. The quantitative estimate of drug-likeness (QED) is 0.574. The van der Waals surface area contributed by atoms with Crippen molar-refractivity contribution in [3.8, 4) is 0 Å². The molecule has 0 aromatic carbocycles. The Balaban J connectivity index is 3.15. The number of nitrogens with two attached hydrogens (primary N) is 1. The minimum Gasteiger partial charge on any atom is -0.398 e. The Labute approximate surface area is 52.5 Å². The van der Waals surface area contributed by atoms with Gasteiger partial charge in [-0.15, -0.1) is 0 Å². The summed E-state index contributed by atoms with van der Waals surface area (Å²) in [5.74, 6) is 0. The number of rotatable bonds is 1. The molecule has 0 atom stereocenters. The molecule has 1 aromatic heterocycles. The zero-order chi connectivity index (χ0) is 6.69. The third-order valence-electron chi connectivity index (χ3n) is 0.965. The number of carbonyl (C=O) groups excluding carboxylic acids is 1. The van der Waals surface area contributed by atoms with Crippen LogP contribution in [0.4, 0.5) is 5.69 Å². The van der Waals surface area contributed by atoms with Crippen molar-refractivity contribution in [1.29, 1.82) is 0 Å². The van der Waals surface area contributed by atoms with E-state index in [4.69, 9.17) is 5.73 Å². The Morgan fingerprint density at radius 1 is 1.67 bits per heavy atom. The van der Waals surface area contributed by atoms with Gasteiger partial charge >= 0.3 is 0 Å². The molecule has 45 valence electrons. The number of anilines is 1. The molecule has 9 heavy (non-hydrogen) atoms. The minimum atomic E-state index is 0.317. The Hall–Kier alpha value is -1.38. The normalized spacial score (nSPS) is 8.89. The minimum absolute atomic E-state index is 0.317. The van der Waals surface area contributed by atoms with E-state index in [1.807, 2.05) is 0 Å². The van der Waals surface area contributed by atoms with E-state index in [9.17, 15) is 4.79 Å². The van der Waals surface area contributed by atoms with Crippen molar-refractivity contribution in [3.63, 3.8) is 0 Å². The number of nitrogens with zero attached hydrogens (tertiary/aromatic N) is 1. The zero-order valence-corrected chi connectivity index (χ0v) is 4.66. The second-order valence-electron chi connectivity index (χ2n) is 1.56. The van der Waals surface area contributed by atoms with Gasteiger partial charge in [0.05, 0.1) is 5.56 Å². The van der Waals surface area contributed by atoms with Gasteiger partial charge in [0.2, 0.25) is 6.29 Å². The summed E-state index contributed by atoms with van der Waals surface area (Å²) in [6.07, 6.45) is 4.56. The van der Waals surface area contributed by atoms with Crippen molar-refractivity contribution < 1.29 is 4.79 Å². The third-order valence-corrected chi connectivity index (χ3v) is 0.965. The van der Waals surface area contributed by atoms with Crippen molar-refractivity contribution in [1.82, 2.24) is 4.98 Å². The van der Waals surface area contributed by atoms with Gasteiger partial charge in [0.25, 0.3) is 0 Å². The molecule has 1 rings (SSSR count). The number of hydrogen-bond donors (Lipinski definition) is 1. The summed E-state index contributed by atoms with van der Waals surface area (Å²) in [4.78, 5) is 13.7. The molecule has 0 aliphatic heterocycles. The van der Waals surface area contributed by atoms with Crippen LogP contribution < -0.4 is 5.73 Å². The Kier molecular flexibility index (Phi) is 1.44. The summed E-state index contributed by atoms with van der Waals surface area (Å²) in [7, 11) is 0. The van der Waals surface area contributed by atoms with E-state index < -0.39 is 0 Å². The van der Waals surface area contributed by atoms with E-state index >= 15 is 0 Å². The summed E-state index contributed by atoms with van der Waals surface area (Å²) in [6, 6.07) is 1.56. The van der Waals surface area contributed by atoms with Crippen LogP contribution in [0, 0.1) is 0 Å². The highest BCUT2D eigenvalue weighted by atomic mass is 16.1. The molecule has 0 saturated heterocycles. The Morgan fingerprint density at radius 2 is 2.44 bits per heavy atom. The highest BCUT2D eigenvalue weighted by Crippen LogP contribution is 2.03. The molecule has 0 aliphatic carbocycles. The van der Waals surface area contributed by atoms with Gasteiger partial charge in [-0.2, -0.15) is 0 Å². The molecular weight excluding hydrogens is 116 g/mol. The molecule has 3 heteroatoms. The van der Waals surface area contributed by atoms with E-state index in [-0.39, 0.29) is 0 Å². The molecule has 0 spiro atoms. The van der Waals surface area contributed by atoms with Gasteiger partial charge < -0.3 is 5.73 Å². The fraction of sp³-hybridized carbons (Fsp3) is 0. The van der Waals surface area contributed by atoms with Crippen molar-refractivity contribution in [2.75, 3.05) is 5.73 Å². The lowest BCUT2D eigenvalue weighted by Crippen LogP contribution is -1.92. The lowest BCUT2D eigenvalue weighted by Gasteiger charge is -1.91. The molecule has 2 N–H and O–H groups in total. The maximum absolute atomic E-state index is 9.98. The first-order chi connectivity index (χ1) is 4.34. The van der Waals surface area contributed by atoms with Gasteiger partial charge in [-0.3, -0.25) is 9.78 Å². The fourth-order valence-electron chi connectivity index (χ4n) is 0.490. The van der Waals surface area contributed by atoms with Crippen molar-refractivity contribution in [2.24, 2.45) is 0 Å². The van der Waals surface area contributed by atoms with Gasteiger partial charge in [-0.1, -0.05) is 0 Å². The van der Waals surface area contributed by atoms with Crippen molar-refractivity contribution in [3.05, 3.63) is 24.0 Å². The topological polar surface area (TPSA) is 56.0 Å². The average molecular weight is 121 g/mol. The third kappa shape index (κ3) is 1.05. The van der Waals surface area contributed by atoms with Crippen molar-refractivity contribution in [2.45, 2.75) is 0 Å². The molecule has 0 unspecified atom stereocenters. The SMILES string of the molecule is Nc1ccncc1[C]=O. The number of aromatic nitrogens is 1. The molecule has 0 amide bonds. The lowest BCUT2D eigenvalue weighted by atomic mass is 10.3. The first-order valence-corrected chi connectivity index (χ1v) is 2.42. The van der Waals surface area contributed by atoms with E-state index in [1.54, 1.807) is 12.4 Å². The van der Waals surface area contributed by atoms with Crippen LogP contribution in [-0.4, -0.2) is 11.3 Å². The molecule has 1 heterocycles. The molecule has 0 aliphatic rings. The molecule has 0 fully saturated rings. The molecule has 0 bridgehead atoms. The Morgan fingerprint density at radius 3 is 2.89 bits per heavy atom. The van der Waals surface area contributed by atoms with Crippen LogP contribution in [0.5, 0.6) is 0 Å². The molecule has 0 saturated carbocycles. The molecule has 1 radical (unpaired) electrons. The smallest absolute Gasteiger partial charge is 0.237 e. The second kappa shape index (κ2) is 2.26. The van der Waals surface area contributed by atoms with Gasteiger partial charge in [0.1, 0.15) is 0 Å². The molecular formula is C6H5N2O. The van der Waals surface area contributed by atoms with Crippen molar-refractivity contribution >= 4 is 12.0 Å². The van der Waals surface area contributed by atoms with Gasteiger partial charge in [-0.25, -0.2) is 0 Å². The average Bonchev–Trinajstić information content (AvgIpc) is 1.89. The fourth-order valence-corrected chi connectivity index (χ4v) is 0.490. The van der Waals surface area contributed by atoms with Gasteiger partial charge in [0, 0.05) is 18.1 Å². The van der Waals surface area contributed by atoms with E-state index in [1.165, 1.54) is 12.4 Å². The highest BCUT2D eigenvalue weighted by molar-refractivity contribution is 5.82. The summed E-state index contributed by atoms with van der Waals surface area (Å²) >= 11 is 0. The summed E-state index contributed by atoms with van der Waals surface area (Å²) in [6.45, 7) is 0. The largest absolute Gasteiger partial charge is 0.398 e. The summed E-state index contributed by atoms with van der Waals surface area (Å²) in [5.41, 5.74) is 6.06. The van der Waals surface area contributed by atoms with Crippen LogP contribution in [0.25, 0.3) is 0 Å². The summed E-state index contributed by atoms with van der Waals surface area (Å²) < 4.78 is 0. The Bertz CT molecular complexity index is 222. The van der Waals surface area contributed by atoms with Crippen LogP contribution in [0.3, 0.4) is 0 Å². The van der Waals surface area contributed by atoms with E-state index in [0.717, 1.165) is 0 Å². The van der Waals surface area contributed by atoms with Crippen LogP contribution in [0.2, 0.25) is 0 Å². The van der Waals surface area contributed by atoms with Crippen LogP contribution in [0.15, 0.2) is 18.5 Å². The van der Waals surface area contributed by atoms with Gasteiger partial charge in [-0.05, 0) is 6.07 Å². The highest BCUT2D eigenvalue weighted by Gasteiger charge is 1.93. The molecule has 3 nitrogen and oxygen atoms in total. The lowest BCUT2D eigenvalue weighted by molar-refractivity contribution is 0.563. The number of pyridine rings is 1.